The van der Waals surface area contributed by atoms with Gasteiger partial charge in [-0.3, -0.25) is 4.79 Å². The quantitative estimate of drug-likeness (QED) is 0.586. The summed E-state index contributed by atoms with van der Waals surface area (Å²) in [6.45, 7) is 4.26. The molecule has 0 aliphatic heterocycles. The van der Waals surface area contributed by atoms with Gasteiger partial charge < -0.3 is 4.90 Å². The first-order valence-corrected chi connectivity index (χ1v) is 7.67. The molecule has 0 amide bonds. The van der Waals surface area contributed by atoms with Crippen molar-refractivity contribution in [1.29, 1.82) is 0 Å². The Kier molecular flexibility index (Phi) is 4.24. The summed E-state index contributed by atoms with van der Waals surface area (Å²) in [5, 5.41) is 0. The first-order valence-electron chi connectivity index (χ1n) is 7.67. The average molecular weight is 301 g/mol. The summed E-state index contributed by atoms with van der Waals surface area (Å²) < 4.78 is 0. The second kappa shape index (κ2) is 6.49. The minimum Gasteiger partial charge on any atom is -0.310 e. The largest absolute Gasteiger partial charge is 0.310 e. The molecule has 3 aromatic rings. The van der Waals surface area contributed by atoms with Crippen LogP contribution in [-0.2, 0) is 0 Å². The van der Waals surface area contributed by atoms with Gasteiger partial charge in [-0.05, 0) is 67.4 Å². The predicted octanol–water partition coefficient (Wildman–Crippen LogP) is 5.59. The van der Waals surface area contributed by atoms with Crippen molar-refractivity contribution in [1.82, 2.24) is 0 Å². The maximum absolute atomic E-state index is 10.9. The maximum atomic E-state index is 10.9. The van der Waals surface area contributed by atoms with Gasteiger partial charge in [0.25, 0.3) is 0 Å². The summed E-state index contributed by atoms with van der Waals surface area (Å²) in [7, 11) is 0. The van der Waals surface area contributed by atoms with E-state index in [-0.39, 0.29) is 0 Å². The lowest BCUT2D eigenvalue weighted by Gasteiger charge is -2.27. The number of para-hydroxylation sites is 1. The summed E-state index contributed by atoms with van der Waals surface area (Å²) >= 11 is 0. The molecule has 114 valence electrons. The Hall–Kier alpha value is -2.87. The normalized spacial score (nSPS) is 10.3. The maximum Gasteiger partial charge on any atom is 0.150 e. The molecular formula is C21H19NO. The molecule has 0 aromatic heterocycles. The minimum atomic E-state index is 0.683. The van der Waals surface area contributed by atoms with Crippen LogP contribution in [0.5, 0.6) is 0 Å². The van der Waals surface area contributed by atoms with Gasteiger partial charge in [0, 0.05) is 22.6 Å². The number of aryl methyl sites for hydroxylation is 1. The van der Waals surface area contributed by atoms with Crippen LogP contribution < -0.4 is 4.90 Å². The zero-order valence-corrected chi connectivity index (χ0v) is 13.4. The first kappa shape index (κ1) is 15.0. The van der Waals surface area contributed by atoms with Gasteiger partial charge in [-0.15, -0.1) is 0 Å². The topological polar surface area (TPSA) is 20.3 Å². The summed E-state index contributed by atoms with van der Waals surface area (Å²) in [4.78, 5) is 13.1. The molecule has 0 aliphatic carbocycles. The molecule has 2 nitrogen and oxygen atoms in total. The Labute approximate surface area is 137 Å². The van der Waals surface area contributed by atoms with Crippen LogP contribution in [0.15, 0.2) is 72.8 Å². The number of nitrogens with zero attached hydrogens (tertiary/aromatic N) is 1. The van der Waals surface area contributed by atoms with E-state index < -0.39 is 0 Å². The number of anilines is 3. The third kappa shape index (κ3) is 3.02. The highest BCUT2D eigenvalue weighted by Crippen LogP contribution is 2.36. The van der Waals surface area contributed by atoms with Gasteiger partial charge in [0.05, 0.1) is 0 Å². The molecule has 0 N–H and O–H groups in total. The molecule has 0 saturated heterocycles. The van der Waals surface area contributed by atoms with Crippen molar-refractivity contribution in [3.8, 4) is 0 Å². The molecule has 3 rings (SSSR count). The van der Waals surface area contributed by atoms with Crippen LogP contribution in [0.25, 0.3) is 0 Å². The van der Waals surface area contributed by atoms with Gasteiger partial charge in [0.1, 0.15) is 6.29 Å². The number of hydrogen-bond acceptors (Lipinski definition) is 2. The van der Waals surface area contributed by atoms with Gasteiger partial charge in [0.15, 0.2) is 0 Å². The number of carbonyl (C=O) groups is 1. The van der Waals surface area contributed by atoms with Crippen LogP contribution in [0.2, 0.25) is 0 Å². The molecular weight excluding hydrogens is 282 g/mol. The number of hydrogen-bond donors (Lipinski definition) is 0. The summed E-state index contributed by atoms with van der Waals surface area (Å²) in [6, 6.07) is 24.3. The molecule has 3 aromatic carbocycles. The van der Waals surface area contributed by atoms with Crippen molar-refractivity contribution >= 4 is 23.3 Å². The molecule has 0 spiro atoms. The van der Waals surface area contributed by atoms with Gasteiger partial charge in [-0.2, -0.15) is 0 Å². The zero-order chi connectivity index (χ0) is 16.2. The molecule has 0 aliphatic rings. The van der Waals surface area contributed by atoms with E-state index in [1.807, 2.05) is 42.5 Å². The number of rotatable bonds is 4. The summed E-state index contributed by atoms with van der Waals surface area (Å²) in [5.74, 6) is 0. The predicted molar refractivity (Wildman–Crippen MR) is 96.0 cm³/mol. The van der Waals surface area contributed by atoms with Crippen molar-refractivity contribution in [3.63, 3.8) is 0 Å². The molecule has 0 fully saturated rings. The van der Waals surface area contributed by atoms with Crippen LogP contribution in [0.3, 0.4) is 0 Å². The molecule has 23 heavy (non-hydrogen) atoms. The van der Waals surface area contributed by atoms with Crippen molar-refractivity contribution < 1.29 is 4.79 Å². The Balaban J connectivity index is 2.17. The van der Waals surface area contributed by atoms with Gasteiger partial charge >= 0.3 is 0 Å². The standard InChI is InChI=1S/C21H19NO/c1-16-7-6-10-21(17(16)2)22(19-8-4-3-5-9-19)20-13-11-18(15-23)12-14-20/h3-15H,1-2H3. The van der Waals surface area contributed by atoms with Crippen molar-refractivity contribution in [2.75, 3.05) is 4.90 Å². The fourth-order valence-electron chi connectivity index (χ4n) is 2.68. The van der Waals surface area contributed by atoms with Crippen molar-refractivity contribution in [3.05, 3.63) is 89.5 Å². The molecule has 0 heterocycles. The zero-order valence-electron chi connectivity index (χ0n) is 13.4. The third-order valence-corrected chi connectivity index (χ3v) is 4.12. The van der Waals surface area contributed by atoms with Crippen LogP contribution >= 0.6 is 0 Å². The van der Waals surface area contributed by atoms with E-state index >= 15 is 0 Å². The summed E-state index contributed by atoms with van der Waals surface area (Å²) in [5.41, 5.74) is 6.47. The van der Waals surface area contributed by atoms with E-state index in [1.165, 1.54) is 11.1 Å². The van der Waals surface area contributed by atoms with E-state index in [1.54, 1.807) is 0 Å². The van der Waals surface area contributed by atoms with E-state index in [4.69, 9.17) is 0 Å². The highest BCUT2D eigenvalue weighted by molar-refractivity contribution is 5.81. The highest BCUT2D eigenvalue weighted by atomic mass is 16.1. The number of carbonyl (C=O) groups excluding carboxylic acids is 1. The lowest BCUT2D eigenvalue weighted by atomic mass is 10.1. The van der Waals surface area contributed by atoms with Crippen LogP contribution in [0.1, 0.15) is 21.5 Å². The van der Waals surface area contributed by atoms with E-state index in [0.29, 0.717) is 5.56 Å². The molecule has 0 unspecified atom stereocenters. The monoisotopic (exact) mass is 301 g/mol. The van der Waals surface area contributed by atoms with Crippen LogP contribution in [-0.4, -0.2) is 6.29 Å². The van der Waals surface area contributed by atoms with Crippen LogP contribution in [0.4, 0.5) is 17.1 Å². The Morgan fingerprint density at radius 1 is 0.739 bits per heavy atom. The van der Waals surface area contributed by atoms with E-state index in [0.717, 1.165) is 23.3 Å². The lowest BCUT2D eigenvalue weighted by Crippen LogP contribution is -2.11. The Bertz CT molecular complexity index is 807. The van der Waals surface area contributed by atoms with Crippen molar-refractivity contribution in [2.45, 2.75) is 13.8 Å². The lowest BCUT2D eigenvalue weighted by molar-refractivity contribution is 0.112. The van der Waals surface area contributed by atoms with E-state index in [2.05, 4.69) is 49.1 Å². The van der Waals surface area contributed by atoms with Gasteiger partial charge in [0.2, 0.25) is 0 Å². The van der Waals surface area contributed by atoms with Crippen LogP contribution in [0, 0.1) is 13.8 Å². The Morgan fingerprint density at radius 3 is 2.04 bits per heavy atom. The molecule has 0 bridgehead atoms. The molecule has 2 heteroatoms. The average Bonchev–Trinajstić information content (AvgIpc) is 2.60. The fourth-order valence-corrected chi connectivity index (χ4v) is 2.68. The van der Waals surface area contributed by atoms with Gasteiger partial charge in [-0.1, -0.05) is 30.3 Å². The number of benzene rings is 3. The first-order chi connectivity index (χ1) is 11.2. The second-order valence-corrected chi connectivity index (χ2v) is 5.60. The second-order valence-electron chi connectivity index (χ2n) is 5.60. The van der Waals surface area contributed by atoms with Gasteiger partial charge in [-0.25, -0.2) is 0 Å². The molecule has 0 radical (unpaired) electrons. The minimum absolute atomic E-state index is 0.683. The highest BCUT2D eigenvalue weighted by Gasteiger charge is 2.14. The van der Waals surface area contributed by atoms with Crippen molar-refractivity contribution in [2.24, 2.45) is 0 Å². The van der Waals surface area contributed by atoms with E-state index in [9.17, 15) is 4.79 Å². The summed E-state index contributed by atoms with van der Waals surface area (Å²) in [6.07, 6.45) is 0.870. The fraction of sp³-hybridized carbons (Fsp3) is 0.0952. The SMILES string of the molecule is Cc1cccc(N(c2ccccc2)c2ccc(C=O)cc2)c1C. The molecule has 0 saturated carbocycles. The molecule has 0 atom stereocenters. The smallest absolute Gasteiger partial charge is 0.150 e. The third-order valence-electron chi connectivity index (χ3n) is 4.12. The Morgan fingerprint density at radius 2 is 1.39 bits per heavy atom. The number of aldehydes is 1.